The van der Waals surface area contributed by atoms with Gasteiger partial charge in [0.25, 0.3) is 5.91 Å². The largest absolute Gasteiger partial charge is 0.350 e. The van der Waals surface area contributed by atoms with Crippen molar-refractivity contribution in [3.63, 3.8) is 0 Å². The number of anilines is 2. The average molecular weight is 432 g/mol. The first kappa shape index (κ1) is 23.4. The Morgan fingerprint density at radius 3 is 2.17 bits per heavy atom. The Morgan fingerprint density at radius 1 is 0.967 bits per heavy atom. The van der Waals surface area contributed by atoms with Gasteiger partial charge in [0.1, 0.15) is 6.04 Å². The van der Waals surface area contributed by atoms with Gasteiger partial charge in [-0.15, -0.1) is 0 Å². The maximum atomic E-state index is 13.0. The lowest BCUT2D eigenvalue weighted by molar-refractivity contribution is -0.116. The van der Waals surface area contributed by atoms with Crippen LogP contribution < -0.4 is 14.9 Å². The Balaban J connectivity index is 2.35. The molecule has 0 unspecified atom stereocenters. The number of aryl methyl sites for hydroxylation is 2. The van der Waals surface area contributed by atoms with Crippen LogP contribution in [0, 0.1) is 13.8 Å². The third-order valence-corrected chi connectivity index (χ3v) is 5.92. The van der Waals surface area contributed by atoms with E-state index in [1.807, 2.05) is 33.8 Å². The van der Waals surface area contributed by atoms with Crippen LogP contribution >= 0.6 is 0 Å². The molecule has 0 aliphatic rings. The van der Waals surface area contributed by atoms with Gasteiger partial charge in [0.2, 0.25) is 15.9 Å². The number of para-hydroxylation sites is 1. The number of nitrogens with zero attached hydrogens (tertiary/aromatic N) is 1. The Hall–Kier alpha value is -2.87. The van der Waals surface area contributed by atoms with Crippen LogP contribution in [0.2, 0.25) is 0 Å². The zero-order valence-corrected chi connectivity index (χ0v) is 19.0. The van der Waals surface area contributed by atoms with Gasteiger partial charge in [-0.1, -0.05) is 18.2 Å². The number of carbonyl (C=O) groups excluding carboxylic acids is 2. The van der Waals surface area contributed by atoms with Gasteiger partial charge in [0.15, 0.2) is 0 Å². The summed E-state index contributed by atoms with van der Waals surface area (Å²) in [6.45, 7) is 9.01. The molecule has 1 atom stereocenters. The number of carbonyl (C=O) groups is 2. The predicted octanol–water partition coefficient (Wildman–Crippen LogP) is 3.23. The van der Waals surface area contributed by atoms with E-state index < -0.39 is 22.0 Å². The molecule has 0 aliphatic heterocycles. The molecule has 0 saturated heterocycles. The fourth-order valence-electron chi connectivity index (χ4n) is 3.04. The molecule has 2 rings (SSSR count). The second kappa shape index (κ2) is 9.30. The Kier molecular flexibility index (Phi) is 7.25. The summed E-state index contributed by atoms with van der Waals surface area (Å²) in [5.41, 5.74) is 2.98. The molecule has 162 valence electrons. The summed E-state index contributed by atoms with van der Waals surface area (Å²) >= 11 is 0. The monoisotopic (exact) mass is 431 g/mol. The summed E-state index contributed by atoms with van der Waals surface area (Å²) in [5.74, 6) is -0.855. The third kappa shape index (κ3) is 5.60. The molecule has 0 heterocycles. The van der Waals surface area contributed by atoms with Crippen LogP contribution in [0.15, 0.2) is 42.5 Å². The van der Waals surface area contributed by atoms with Crippen molar-refractivity contribution in [2.45, 2.75) is 46.7 Å². The first-order chi connectivity index (χ1) is 13.9. The molecular formula is C22H29N3O4S. The second-order valence-corrected chi connectivity index (χ2v) is 9.53. The average Bonchev–Trinajstić information content (AvgIpc) is 2.63. The predicted molar refractivity (Wildman–Crippen MR) is 120 cm³/mol. The van der Waals surface area contributed by atoms with Gasteiger partial charge in [0, 0.05) is 6.04 Å². The van der Waals surface area contributed by atoms with Gasteiger partial charge in [-0.25, -0.2) is 8.42 Å². The highest BCUT2D eigenvalue weighted by Gasteiger charge is 2.30. The zero-order valence-electron chi connectivity index (χ0n) is 18.2. The molecule has 2 amide bonds. The first-order valence-corrected chi connectivity index (χ1v) is 11.5. The lowest BCUT2D eigenvalue weighted by Crippen LogP contribution is -2.45. The van der Waals surface area contributed by atoms with E-state index in [1.165, 1.54) is 6.92 Å². The second-order valence-electron chi connectivity index (χ2n) is 7.67. The first-order valence-electron chi connectivity index (χ1n) is 9.69. The van der Waals surface area contributed by atoms with Crippen molar-refractivity contribution in [1.82, 2.24) is 5.32 Å². The van der Waals surface area contributed by atoms with Crippen LogP contribution in [0.4, 0.5) is 11.4 Å². The summed E-state index contributed by atoms with van der Waals surface area (Å²) in [6, 6.07) is 10.8. The number of nitrogens with one attached hydrogen (secondary N) is 2. The SMILES string of the molecule is Cc1ccc(N([C@@H](C)C(=O)Nc2ccccc2C(=O)NC(C)C)S(C)(=O)=O)cc1C. The van der Waals surface area contributed by atoms with Crippen molar-refractivity contribution in [1.29, 1.82) is 0 Å². The van der Waals surface area contributed by atoms with Crippen LogP contribution in [-0.2, 0) is 14.8 Å². The number of rotatable bonds is 7. The minimum Gasteiger partial charge on any atom is -0.350 e. The highest BCUT2D eigenvalue weighted by atomic mass is 32.2. The summed E-state index contributed by atoms with van der Waals surface area (Å²) in [6.07, 6.45) is 1.07. The minimum atomic E-state index is -3.73. The van der Waals surface area contributed by atoms with Crippen LogP contribution in [0.1, 0.15) is 42.3 Å². The molecule has 0 fully saturated rings. The van der Waals surface area contributed by atoms with Gasteiger partial charge in [0.05, 0.1) is 23.2 Å². The van der Waals surface area contributed by atoms with E-state index in [2.05, 4.69) is 10.6 Å². The van der Waals surface area contributed by atoms with Gasteiger partial charge in [-0.2, -0.15) is 0 Å². The van der Waals surface area contributed by atoms with E-state index in [1.54, 1.807) is 36.4 Å². The van der Waals surface area contributed by atoms with E-state index in [-0.39, 0.29) is 11.9 Å². The number of amides is 2. The molecule has 0 saturated carbocycles. The molecule has 0 radical (unpaired) electrons. The molecule has 0 spiro atoms. The molecule has 8 heteroatoms. The molecule has 2 aromatic rings. The number of hydrogen-bond donors (Lipinski definition) is 2. The number of sulfonamides is 1. The summed E-state index contributed by atoms with van der Waals surface area (Å²) in [4.78, 5) is 25.4. The van der Waals surface area contributed by atoms with Gasteiger partial charge >= 0.3 is 0 Å². The molecule has 0 aromatic heterocycles. The van der Waals surface area contributed by atoms with Crippen LogP contribution in [0.3, 0.4) is 0 Å². The van der Waals surface area contributed by atoms with Crippen molar-refractivity contribution in [2.75, 3.05) is 15.9 Å². The van der Waals surface area contributed by atoms with Crippen LogP contribution in [0.25, 0.3) is 0 Å². The zero-order chi connectivity index (χ0) is 22.6. The third-order valence-electron chi connectivity index (χ3n) is 4.68. The molecule has 7 nitrogen and oxygen atoms in total. The normalized spacial score (nSPS) is 12.4. The lowest BCUT2D eigenvalue weighted by atomic mass is 10.1. The fourth-order valence-corrected chi connectivity index (χ4v) is 4.21. The van der Waals surface area contributed by atoms with Crippen molar-refractivity contribution in [3.05, 3.63) is 59.2 Å². The summed E-state index contributed by atoms with van der Waals surface area (Å²) < 4.78 is 26.1. The number of hydrogen-bond acceptors (Lipinski definition) is 4. The fraction of sp³-hybridized carbons (Fsp3) is 0.364. The van der Waals surface area contributed by atoms with Crippen molar-refractivity contribution in [2.24, 2.45) is 0 Å². The topological polar surface area (TPSA) is 95.6 Å². The number of benzene rings is 2. The Morgan fingerprint density at radius 2 is 1.60 bits per heavy atom. The lowest BCUT2D eigenvalue weighted by Gasteiger charge is -2.29. The van der Waals surface area contributed by atoms with E-state index >= 15 is 0 Å². The highest BCUT2D eigenvalue weighted by molar-refractivity contribution is 7.92. The standard InChI is InChI=1S/C22H29N3O4S/c1-14(2)23-22(27)19-9-7-8-10-20(19)24-21(26)17(5)25(30(6,28)29)18-12-11-15(3)16(4)13-18/h7-14,17H,1-6H3,(H,23,27)(H,24,26)/t17-/m0/s1. The van der Waals surface area contributed by atoms with Crippen LogP contribution in [0.5, 0.6) is 0 Å². The van der Waals surface area contributed by atoms with Crippen molar-refractivity contribution in [3.8, 4) is 0 Å². The Labute approximate surface area is 178 Å². The van der Waals surface area contributed by atoms with Crippen molar-refractivity contribution < 1.29 is 18.0 Å². The molecule has 0 bridgehead atoms. The minimum absolute atomic E-state index is 0.0642. The molecule has 2 aromatic carbocycles. The van der Waals surface area contributed by atoms with E-state index in [9.17, 15) is 18.0 Å². The highest BCUT2D eigenvalue weighted by Crippen LogP contribution is 2.25. The smallest absolute Gasteiger partial charge is 0.253 e. The van der Waals surface area contributed by atoms with Crippen LogP contribution in [-0.4, -0.2) is 38.6 Å². The van der Waals surface area contributed by atoms with Gasteiger partial charge < -0.3 is 10.6 Å². The van der Waals surface area contributed by atoms with Crippen molar-refractivity contribution >= 4 is 33.2 Å². The van der Waals surface area contributed by atoms with Gasteiger partial charge in [-0.3, -0.25) is 13.9 Å². The maximum Gasteiger partial charge on any atom is 0.253 e. The van der Waals surface area contributed by atoms with E-state index in [0.29, 0.717) is 16.9 Å². The maximum absolute atomic E-state index is 13.0. The van der Waals surface area contributed by atoms with E-state index in [0.717, 1.165) is 21.7 Å². The summed E-state index contributed by atoms with van der Waals surface area (Å²) in [7, 11) is -3.73. The molecule has 0 aliphatic carbocycles. The Bertz CT molecular complexity index is 1050. The molecule has 2 N–H and O–H groups in total. The molecule has 30 heavy (non-hydrogen) atoms. The summed E-state index contributed by atoms with van der Waals surface area (Å²) in [5, 5.41) is 5.50. The van der Waals surface area contributed by atoms with Gasteiger partial charge in [-0.05, 0) is 70.0 Å². The molecular weight excluding hydrogens is 402 g/mol. The van der Waals surface area contributed by atoms with E-state index in [4.69, 9.17) is 0 Å². The quantitative estimate of drug-likeness (QED) is 0.704.